The first-order chi connectivity index (χ1) is 15.7. The molecule has 1 N–H and O–H groups in total. The fourth-order valence-electron chi connectivity index (χ4n) is 3.30. The predicted octanol–water partition coefficient (Wildman–Crippen LogP) is 4.99. The van der Waals surface area contributed by atoms with Crippen LogP contribution in [0.1, 0.15) is 21.6 Å². The number of hydrogen-bond donors (Lipinski definition) is 1. The van der Waals surface area contributed by atoms with Gasteiger partial charge in [-0.05, 0) is 25.1 Å². The molecule has 170 valence electrons. The largest absolute Gasteiger partial charge is 0.497 e. The number of rotatable bonds is 5. The first-order valence-corrected chi connectivity index (χ1v) is 9.77. The molecule has 10 heteroatoms. The molecular formula is C23H19F3N4O3. The molecule has 0 aliphatic carbocycles. The molecule has 7 nitrogen and oxygen atoms in total. The van der Waals surface area contributed by atoms with Crippen LogP contribution in [0.5, 0.6) is 11.5 Å². The van der Waals surface area contributed by atoms with E-state index < -0.39 is 17.8 Å². The summed E-state index contributed by atoms with van der Waals surface area (Å²) in [5, 5.41) is 6.43. The number of anilines is 1. The topological polar surface area (TPSA) is 77.8 Å². The zero-order valence-corrected chi connectivity index (χ0v) is 17.9. The van der Waals surface area contributed by atoms with Gasteiger partial charge in [-0.3, -0.25) is 4.79 Å². The van der Waals surface area contributed by atoms with Crippen molar-refractivity contribution in [2.75, 3.05) is 19.5 Å². The monoisotopic (exact) mass is 456 g/mol. The third-order valence-electron chi connectivity index (χ3n) is 5.01. The van der Waals surface area contributed by atoms with Crippen LogP contribution >= 0.6 is 0 Å². The standard InChI is InChI=1S/C23H19F3N4O3/c1-13-4-6-14(7-5-13)17-11-20(23(24,25)26)30-21(28-17)16(12-27-30)22(31)29-18-10-15(32-2)8-9-19(18)33-3/h4-12H,1-3H3,(H,29,31). The molecule has 0 aliphatic heterocycles. The molecule has 2 heterocycles. The highest BCUT2D eigenvalue weighted by atomic mass is 19.4. The number of hydrogen-bond acceptors (Lipinski definition) is 5. The van der Waals surface area contributed by atoms with Gasteiger partial charge in [0.1, 0.15) is 17.1 Å². The van der Waals surface area contributed by atoms with Crippen LogP contribution in [0.4, 0.5) is 18.9 Å². The smallest absolute Gasteiger partial charge is 0.433 e. The van der Waals surface area contributed by atoms with Crippen LogP contribution in [0.25, 0.3) is 16.9 Å². The lowest BCUT2D eigenvalue weighted by atomic mass is 10.1. The van der Waals surface area contributed by atoms with Crippen LogP contribution in [0.3, 0.4) is 0 Å². The molecule has 2 aromatic carbocycles. The number of benzene rings is 2. The van der Waals surface area contributed by atoms with Crippen molar-refractivity contribution < 1.29 is 27.4 Å². The number of carbonyl (C=O) groups is 1. The van der Waals surface area contributed by atoms with Crippen LogP contribution in [0, 0.1) is 6.92 Å². The highest BCUT2D eigenvalue weighted by Gasteiger charge is 2.36. The molecule has 0 fully saturated rings. The SMILES string of the molecule is COc1ccc(OC)c(NC(=O)c2cnn3c(C(F)(F)F)cc(-c4ccc(C)cc4)nc23)c1. The summed E-state index contributed by atoms with van der Waals surface area (Å²) in [5.74, 6) is 0.119. The fraction of sp³-hybridized carbons (Fsp3) is 0.174. The Balaban J connectivity index is 1.83. The summed E-state index contributed by atoms with van der Waals surface area (Å²) in [6, 6.07) is 12.6. The van der Waals surface area contributed by atoms with E-state index in [1.807, 2.05) is 6.92 Å². The second kappa shape index (κ2) is 8.45. The number of carbonyl (C=O) groups excluding carboxylic acids is 1. The zero-order chi connectivity index (χ0) is 23.8. The normalized spacial score (nSPS) is 11.5. The summed E-state index contributed by atoms with van der Waals surface area (Å²) in [5.41, 5.74) is 0.401. The highest BCUT2D eigenvalue weighted by Crippen LogP contribution is 2.34. The maximum absolute atomic E-state index is 13.8. The van der Waals surface area contributed by atoms with Crippen LogP contribution in [-0.4, -0.2) is 34.7 Å². The van der Waals surface area contributed by atoms with Gasteiger partial charge in [-0.25, -0.2) is 9.50 Å². The maximum atomic E-state index is 13.8. The molecule has 0 radical (unpaired) electrons. The molecule has 0 spiro atoms. The number of ether oxygens (including phenoxy) is 2. The second-order valence-corrected chi connectivity index (χ2v) is 7.20. The van der Waals surface area contributed by atoms with Crippen molar-refractivity contribution >= 4 is 17.2 Å². The minimum atomic E-state index is -4.71. The first kappa shape index (κ1) is 22.1. The van der Waals surface area contributed by atoms with E-state index in [-0.39, 0.29) is 22.6 Å². The number of fused-ring (bicyclic) bond motifs is 1. The molecule has 0 atom stereocenters. The number of nitrogens with zero attached hydrogens (tertiary/aromatic N) is 3. The van der Waals surface area contributed by atoms with Gasteiger partial charge in [0.15, 0.2) is 11.3 Å². The van der Waals surface area contributed by atoms with Crippen molar-refractivity contribution in [1.82, 2.24) is 14.6 Å². The summed E-state index contributed by atoms with van der Waals surface area (Å²) in [6.07, 6.45) is -3.66. The average Bonchev–Trinajstić information content (AvgIpc) is 3.22. The molecule has 4 rings (SSSR count). The number of aromatic nitrogens is 3. The summed E-state index contributed by atoms with van der Waals surface area (Å²) in [7, 11) is 2.89. The van der Waals surface area contributed by atoms with E-state index in [1.54, 1.807) is 36.4 Å². The average molecular weight is 456 g/mol. The van der Waals surface area contributed by atoms with E-state index in [4.69, 9.17) is 9.47 Å². The van der Waals surface area contributed by atoms with E-state index in [2.05, 4.69) is 15.4 Å². The number of methoxy groups -OCH3 is 2. The van der Waals surface area contributed by atoms with E-state index in [0.29, 0.717) is 21.6 Å². The van der Waals surface area contributed by atoms with Crippen LogP contribution < -0.4 is 14.8 Å². The lowest BCUT2D eigenvalue weighted by Gasteiger charge is -2.13. The minimum absolute atomic E-state index is 0.0725. The molecule has 0 aliphatic rings. The summed E-state index contributed by atoms with van der Waals surface area (Å²) in [4.78, 5) is 17.4. The Labute approximate surface area is 186 Å². The van der Waals surface area contributed by atoms with Crippen molar-refractivity contribution in [2.45, 2.75) is 13.1 Å². The quantitative estimate of drug-likeness (QED) is 0.458. The van der Waals surface area contributed by atoms with Crippen LogP contribution in [0.2, 0.25) is 0 Å². The molecular weight excluding hydrogens is 437 g/mol. The number of nitrogens with one attached hydrogen (secondary N) is 1. The summed E-state index contributed by atoms with van der Waals surface area (Å²) >= 11 is 0. The lowest BCUT2D eigenvalue weighted by molar-refractivity contribution is -0.142. The fourth-order valence-corrected chi connectivity index (χ4v) is 3.30. The molecule has 0 bridgehead atoms. The van der Waals surface area contributed by atoms with Crippen LogP contribution in [0.15, 0.2) is 54.7 Å². The summed E-state index contributed by atoms with van der Waals surface area (Å²) in [6.45, 7) is 1.87. The zero-order valence-electron chi connectivity index (χ0n) is 17.9. The van der Waals surface area contributed by atoms with Crippen molar-refractivity contribution in [3.8, 4) is 22.8 Å². The van der Waals surface area contributed by atoms with E-state index in [1.165, 1.54) is 20.3 Å². The van der Waals surface area contributed by atoms with Crippen molar-refractivity contribution in [1.29, 1.82) is 0 Å². The second-order valence-electron chi connectivity index (χ2n) is 7.20. The van der Waals surface area contributed by atoms with Gasteiger partial charge in [-0.1, -0.05) is 29.8 Å². The van der Waals surface area contributed by atoms with Gasteiger partial charge < -0.3 is 14.8 Å². The highest BCUT2D eigenvalue weighted by molar-refractivity contribution is 6.09. The van der Waals surface area contributed by atoms with Gasteiger partial charge in [-0.15, -0.1) is 0 Å². The van der Waals surface area contributed by atoms with Crippen molar-refractivity contribution in [3.63, 3.8) is 0 Å². The number of alkyl halides is 3. The Bertz CT molecular complexity index is 1330. The van der Waals surface area contributed by atoms with E-state index >= 15 is 0 Å². The first-order valence-electron chi connectivity index (χ1n) is 9.77. The van der Waals surface area contributed by atoms with E-state index in [9.17, 15) is 18.0 Å². The molecule has 4 aromatic rings. The third kappa shape index (κ3) is 4.32. The Morgan fingerprint density at radius 1 is 1.03 bits per heavy atom. The molecule has 2 aromatic heterocycles. The summed E-state index contributed by atoms with van der Waals surface area (Å²) < 4.78 is 52.4. The molecule has 0 saturated carbocycles. The van der Waals surface area contributed by atoms with Gasteiger partial charge in [-0.2, -0.15) is 18.3 Å². The van der Waals surface area contributed by atoms with Crippen molar-refractivity contribution in [3.05, 3.63) is 71.5 Å². The minimum Gasteiger partial charge on any atom is -0.497 e. The molecule has 0 saturated heterocycles. The maximum Gasteiger partial charge on any atom is 0.433 e. The van der Waals surface area contributed by atoms with Crippen molar-refractivity contribution in [2.24, 2.45) is 0 Å². The number of aryl methyl sites for hydroxylation is 1. The lowest BCUT2D eigenvalue weighted by Crippen LogP contribution is -2.16. The van der Waals surface area contributed by atoms with Gasteiger partial charge in [0, 0.05) is 11.6 Å². The Kier molecular flexibility index (Phi) is 5.67. The van der Waals surface area contributed by atoms with Gasteiger partial charge in [0.05, 0.1) is 31.8 Å². The van der Waals surface area contributed by atoms with Crippen LogP contribution in [-0.2, 0) is 6.18 Å². The Morgan fingerprint density at radius 2 is 1.76 bits per heavy atom. The third-order valence-corrected chi connectivity index (χ3v) is 5.01. The Hall–Kier alpha value is -4.08. The Morgan fingerprint density at radius 3 is 2.39 bits per heavy atom. The number of amides is 1. The predicted molar refractivity (Wildman–Crippen MR) is 116 cm³/mol. The molecule has 0 unspecified atom stereocenters. The van der Waals surface area contributed by atoms with E-state index in [0.717, 1.165) is 17.8 Å². The molecule has 1 amide bonds. The number of halogens is 3. The van der Waals surface area contributed by atoms with Gasteiger partial charge >= 0.3 is 6.18 Å². The van der Waals surface area contributed by atoms with Gasteiger partial charge in [0.2, 0.25) is 0 Å². The van der Waals surface area contributed by atoms with Gasteiger partial charge in [0.25, 0.3) is 5.91 Å². The molecule has 33 heavy (non-hydrogen) atoms.